The summed E-state index contributed by atoms with van der Waals surface area (Å²) in [6.45, 7) is 0.143. The lowest BCUT2D eigenvalue weighted by Crippen LogP contribution is -2.22. The summed E-state index contributed by atoms with van der Waals surface area (Å²) >= 11 is 0. The Kier molecular flexibility index (Phi) is 4.68. The maximum absolute atomic E-state index is 12.3. The Labute approximate surface area is 122 Å². The minimum absolute atomic E-state index is 0.0879. The molecule has 0 saturated heterocycles. The SMILES string of the molecule is Nc1ccc(C(=O)c2ccccc2)cc1CNCC(=O)O. The van der Waals surface area contributed by atoms with Gasteiger partial charge in [0.05, 0.1) is 6.54 Å². The minimum atomic E-state index is -0.940. The second kappa shape index (κ2) is 6.67. The fourth-order valence-corrected chi connectivity index (χ4v) is 1.96. The molecule has 0 aromatic heterocycles. The molecule has 0 aliphatic heterocycles. The monoisotopic (exact) mass is 284 g/mol. The van der Waals surface area contributed by atoms with Crippen LogP contribution in [0.1, 0.15) is 21.5 Å². The summed E-state index contributed by atoms with van der Waals surface area (Å²) in [5.74, 6) is -1.03. The van der Waals surface area contributed by atoms with Gasteiger partial charge in [0.1, 0.15) is 0 Å². The van der Waals surface area contributed by atoms with Crippen molar-refractivity contribution >= 4 is 17.4 Å². The third-order valence-electron chi connectivity index (χ3n) is 3.03. The summed E-state index contributed by atoms with van der Waals surface area (Å²) in [5.41, 5.74) is 8.21. The van der Waals surface area contributed by atoms with Gasteiger partial charge >= 0.3 is 5.97 Å². The molecule has 5 heteroatoms. The van der Waals surface area contributed by atoms with Crippen LogP contribution in [0.4, 0.5) is 5.69 Å². The summed E-state index contributed by atoms with van der Waals surface area (Å²) in [4.78, 5) is 22.8. The highest BCUT2D eigenvalue weighted by Gasteiger charge is 2.10. The fraction of sp³-hybridized carbons (Fsp3) is 0.125. The molecule has 0 fully saturated rings. The lowest BCUT2D eigenvalue weighted by atomic mass is 10.0. The summed E-state index contributed by atoms with van der Waals surface area (Å²) in [5, 5.41) is 11.4. The topological polar surface area (TPSA) is 92.4 Å². The molecule has 5 nitrogen and oxygen atoms in total. The molecule has 21 heavy (non-hydrogen) atoms. The van der Waals surface area contributed by atoms with Crippen molar-refractivity contribution in [1.29, 1.82) is 0 Å². The van der Waals surface area contributed by atoms with E-state index in [2.05, 4.69) is 5.32 Å². The highest BCUT2D eigenvalue weighted by atomic mass is 16.4. The zero-order chi connectivity index (χ0) is 15.2. The van der Waals surface area contributed by atoms with Gasteiger partial charge in [-0.2, -0.15) is 0 Å². The lowest BCUT2D eigenvalue weighted by molar-refractivity contribution is -0.136. The molecule has 0 aliphatic rings. The van der Waals surface area contributed by atoms with Gasteiger partial charge in [0.25, 0.3) is 0 Å². The quantitative estimate of drug-likeness (QED) is 0.554. The number of ketones is 1. The number of carbonyl (C=O) groups is 2. The van der Waals surface area contributed by atoms with Crippen molar-refractivity contribution in [2.45, 2.75) is 6.54 Å². The van der Waals surface area contributed by atoms with E-state index < -0.39 is 5.97 Å². The number of hydrogen-bond acceptors (Lipinski definition) is 4. The molecule has 2 rings (SSSR count). The summed E-state index contributed by atoms with van der Waals surface area (Å²) in [7, 11) is 0. The van der Waals surface area contributed by atoms with Crippen molar-refractivity contribution in [3.05, 3.63) is 65.2 Å². The molecule has 0 bridgehead atoms. The first kappa shape index (κ1) is 14.7. The predicted molar refractivity (Wildman–Crippen MR) is 80.1 cm³/mol. The fourth-order valence-electron chi connectivity index (χ4n) is 1.96. The van der Waals surface area contributed by atoms with Crippen LogP contribution in [-0.2, 0) is 11.3 Å². The van der Waals surface area contributed by atoms with E-state index in [1.54, 1.807) is 42.5 Å². The van der Waals surface area contributed by atoms with E-state index in [4.69, 9.17) is 10.8 Å². The van der Waals surface area contributed by atoms with Crippen LogP contribution in [0.2, 0.25) is 0 Å². The van der Waals surface area contributed by atoms with Crippen LogP contribution in [0.3, 0.4) is 0 Å². The van der Waals surface area contributed by atoms with Crippen molar-refractivity contribution in [2.24, 2.45) is 0 Å². The Hall–Kier alpha value is -2.66. The van der Waals surface area contributed by atoms with Gasteiger partial charge in [0.15, 0.2) is 5.78 Å². The van der Waals surface area contributed by atoms with Crippen LogP contribution in [0.5, 0.6) is 0 Å². The second-order valence-corrected chi connectivity index (χ2v) is 4.61. The summed E-state index contributed by atoms with van der Waals surface area (Å²) in [6.07, 6.45) is 0. The number of carbonyl (C=O) groups excluding carboxylic acids is 1. The molecular weight excluding hydrogens is 268 g/mol. The smallest absolute Gasteiger partial charge is 0.317 e. The number of anilines is 1. The van der Waals surface area contributed by atoms with Crippen molar-refractivity contribution in [2.75, 3.05) is 12.3 Å². The summed E-state index contributed by atoms with van der Waals surface area (Å²) in [6, 6.07) is 14.0. The van der Waals surface area contributed by atoms with E-state index in [-0.39, 0.29) is 12.3 Å². The number of benzene rings is 2. The Bertz CT molecular complexity index is 654. The first-order valence-corrected chi connectivity index (χ1v) is 6.48. The number of carboxylic acids is 1. The highest BCUT2D eigenvalue weighted by molar-refractivity contribution is 6.09. The third kappa shape index (κ3) is 3.90. The van der Waals surface area contributed by atoms with Crippen LogP contribution in [-0.4, -0.2) is 23.4 Å². The first-order valence-electron chi connectivity index (χ1n) is 6.48. The number of nitrogens with two attached hydrogens (primary N) is 1. The molecule has 4 N–H and O–H groups in total. The van der Waals surface area contributed by atoms with E-state index in [1.807, 2.05) is 6.07 Å². The molecule has 0 spiro atoms. The average Bonchev–Trinajstić information content (AvgIpc) is 2.49. The van der Waals surface area contributed by atoms with E-state index in [1.165, 1.54) is 0 Å². The highest BCUT2D eigenvalue weighted by Crippen LogP contribution is 2.17. The molecule has 0 saturated carbocycles. The van der Waals surface area contributed by atoms with Crippen molar-refractivity contribution in [3.8, 4) is 0 Å². The zero-order valence-corrected chi connectivity index (χ0v) is 11.4. The maximum atomic E-state index is 12.3. The number of nitrogen functional groups attached to an aromatic ring is 1. The zero-order valence-electron chi connectivity index (χ0n) is 11.4. The first-order chi connectivity index (χ1) is 10.1. The number of nitrogens with one attached hydrogen (secondary N) is 1. The standard InChI is InChI=1S/C16H16N2O3/c17-14-7-6-12(8-13(14)9-18-10-15(19)20)16(21)11-4-2-1-3-5-11/h1-8,18H,9-10,17H2,(H,19,20). The molecule has 0 aliphatic carbocycles. The molecular formula is C16H16N2O3. The number of aliphatic carboxylic acids is 1. The third-order valence-corrected chi connectivity index (χ3v) is 3.03. The molecule has 0 amide bonds. The van der Waals surface area contributed by atoms with Crippen LogP contribution in [0.15, 0.2) is 48.5 Å². The maximum Gasteiger partial charge on any atom is 0.317 e. The molecule has 0 heterocycles. The van der Waals surface area contributed by atoms with Crippen molar-refractivity contribution in [3.63, 3.8) is 0 Å². The lowest BCUT2D eigenvalue weighted by Gasteiger charge is -2.09. The van der Waals surface area contributed by atoms with Gasteiger partial charge < -0.3 is 16.2 Å². The van der Waals surface area contributed by atoms with Crippen LogP contribution < -0.4 is 11.1 Å². The Morgan fingerprint density at radius 1 is 1.05 bits per heavy atom. The van der Waals surface area contributed by atoms with Crippen molar-refractivity contribution in [1.82, 2.24) is 5.32 Å². The van der Waals surface area contributed by atoms with E-state index in [9.17, 15) is 9.59 Å². The summed E-state index contributed by atoms with van der Waals surface area (Å²) < 4.78 is 0. The normalized spacial score (nSPS) is 10.3. The minimum Gasteiger partial charge on any atom is -0.480 e. The van der Waals surface area contributed by atoms with Gasteiger partial charge in [-0.25, -0.2) is 0 Å². The van der Waals surface area contributed by atoms with Gasteiger partial charge in [-0.05, 0) is 23.8 Å². The van der Waals surface area contributed by atoms with E-state index in [0.29, 0.717) is 28.9 Å². The van der Waals surface area contributed by atoms with Gasteiger partial charge in [-0.3, -0.25) is 9.59 Å². The molecule has 0 radical (unpaired) electrons. The largest absolute Gasteiger partial charge is 0.480 e. The van der Waals surface area contributed by atoms with Crippen LogP contribution in [0, 0.1) is 0 Å². The van der Waals surface area contributed by atoms with Gasteiger partial charge in [-0.15, -0.1) is 0 Å². The van der Waals surface area contributed by atoms with E-state index in [0.717, 1.165) is 0 Å². The van der Waals surface area contributed by atoms with Gasteiger partial charge in [-0.1, -0.05) is 30.3 Å². The second-order valence-electron chi connectivity index (χ2n) is 4.61. The number of hydrogen-bond donors (Lipinski definition) is 3. The van der Waals surface area contributed by atoms with Crippen LogP contribution >= 0.6 is 0 Å². The average molecular weight is 284 g/mol. The van der Waals surface area contributed by atoms with Crippen molar-refractivity contribution < 1.29 is 14.7 Å². The Morgan fingerprint density at radius 2 is 1.76 bits per heavy atom. The molecule has 2 aromatic rings. The Balaban J connectivity index is 2.18. The predicted octanol–water partition coefficient (Wildman–Crippen LogP) is 1.67. The number of carboxylic acid groups (broad SMARTS) is 1. The van der Waals surface area contributed by atoms with E-state index >= 15 is 0 Å². The van der Waals surface area contributed by atoms with Gasteiger partial charge in [0.2, 0.25) is 0 Å². The molecule has 0 unspecified atom stereocenters. The van der Waals surface area contributed by atoms with Gasteiger partial charge in [0, 0.05) is 23.4 Å². The Morgan fingerprint density at radius 3 is 2.43 bits per heavy atom. The molecule has 2 aromatic carbocycles. The van der Waals surface area contributed by atoms with Crippen LogP contribution in [0.25, 0.3) is 0 Å². The molecule has 0 atom stereocenters. The number of rotatable bonds is 6. The molecule has 108 valence electrons.